The number of amides is 1. The highest BCUT2D eigenvalue weighted by Gasteiger charge is 2.12. The monoisotopic (exact) mass is 359 g/mol. The summed E-state index contributed by atoms with van der Waals surface area (Å²) in [4.78, 5) is 20.2. The first-order valence-corrected chi connectivity index (χ1v) is 6.79. The Balaban J connectivity index is 2.27. The minimum atomic E-state index is -0.391. The van der Waals surface area contributed by atoms with E-state index >= 15 is 0 Å². The van der Waals surface area contributed by atoms with Gasteiger partial charge in [-0.25, -0.2) is 9.97 Å². The number of aromatic nitrogens is 2. The number of nitrogens with one attached hydrogen (secondary N) is 1. The maximum Gasteiger partial charge on any atom is 0.275 e. The van der Waals surface area contributed by atoms with Gasteiger partial charge in [-0.3, -0.25) is 4.79 Å². The molecule has 0 aromatic carbocycles. The Morgan fingerprint density at radius 3 is 2.68 bits per heavy atom. The van der Waals surface area contributed by atoms with E-state index in [9.17, 15) is 4.79 Å². The molecule has 0 unspecified atom stereocenters. The number of carbonyl (C=O) groups excluding carboxylic acids is 1. The molecule has 0 aliphatic carbocycles. The van der Waals surface area contributed by atoms with E-state index in [1.54, 1.807) is 25.1 Å². The molecule has 2 rings (SSSR count). The third-order valence-electron chi connectivity index (χ3n) is 2.28. The summed E-state index contributed by atoms with van der Waals surface area (Å²) in [5, 5.41) is 3.32. The van der Waals surface area contributed by atoms with Crippen LogP contribution in [-0.4, -0.2) is 15.9 Å². The first-order chi connectivity index (χ1) is 8.97. The van der Waals surface area contributed by atoms with Crippen molar-refractivity contribution in [3.63, 3.8) is 0 Å². The zero-order chi connectivity index (χ0) is 14.0. The molecule has 2 aromatic heterocycles. The number of anilines is 1. The summed E-state index contributed by atoms with van der Waals surface area (Å²) >= 11 is 15.1. The zero-order valence-electron chi connectivity index (χ0n) is 9.75. The average Bonchev–Trinajstić information content (AvgIpc) is 2.36. The second-order valence-electron chi connectivity index (χ2n) is 3.69. The van der Waals surface area contributed by atoms with Crippen molar-refractivity contribution in [1.29, 1.82) is 0 Å². The fraction of sp³-hybridized carbons (Fsp3) is 0.0833. The summed E-state index contributed by atoms with van der Waals surface area (Å²) in [6.07, 6.45) is 0. The average molecular weight is 361 g/mol. The van der Waals surface area contributed by atoms with Gasteiger partial charge in [0.15, 0.2) is 5.82 Å². The predicted molar refractivity (Wildman–Crippen MR) is 78.9 cm³/mol. The van der Waals surface area contributed by atoms with E-state index in [4.69, 9.17) is 23.2 Å². The first-order valence-electron chi connectivity index (χ1n) is 5.24. The molecule has 1 amide bonds. The molecular weight excluding hydrogens is 353 g/mol. The summed E-state index contributed by atoms with van der Waals surface area (Å²) < 4.78 is 0.575. The lowest BCUT2D eigenvalue weighted by atomic mass is 10.3. The highest BCUT2D eigenvalue weighted by Crippen LogP contribution is 2.25. The van der Waals surface area contributed by atoms with Gasteiger partial charge in [-0.15, -0.1) is 0 Å². The van der Waals surface area contributed by atoms with Crippen molar-refractivity contribution in [3.8, 4) is 0 Å². The zero-order valence-corrected chi connectivity index (χ0v) is 12.8. The number of halogens is 3. The van der Waals surface area contributed by atoms with Gasteiger partial charge in [-0.2, -0.15) is 0 Å². The maximum atomic E-state index is 12.0. The van der Waals surface area contributed by atoms with Crippen molar-refractivity contribution in [1.82, 2.24) is 9.97 Å². The molecule has 0 fully saturated rings. The normalized spacial score (nSPS) is 10.3. The molecule has 0 radical (unpaired) electrons. The van der Waals surface area contributed by atoms with E-state index in [2.05, 4.69) is 31.2 Å². The number of pyridine rings is 2. The lowest BCUT2D eigenvalue weighted by Crippen LogP contribution is -2.15. The van der Waals surface area contributed by atoms with E-state index in [0.717, 1.165) is 0 Å². The van der Waals surface area contributed by atoms with Crippen molar-refractivity contribution >= 4 is 50.9 Å². The summed E-state index contributed by atoms with van der Waals surface area (Å²) in [6, 6.07) is 6.58. The van der Waals surface area contributed by atoms with E-state index in [0.29, 0.717) is 15.3 Å². The molecule has 7 heteroatoms. The van der Waals surface area contributed by atoms with Crippen LogP contribution in [-0.2, 0) is 0 Å². The van der Waals surface area contributed by atoms with Gasteiger partial charge in [0.05, 0.1) is 15.7 Å². The van der Waals surface area contributed by atoms with Crippen LogP contribution in [0.2, 0.25) is 10.0 Å². The Morgan fingerprint density at radius 2 is 2.00 bits per heavy atom. The molecule has 4 nitrogen and oxygen atoms in total. The molecule has 0 saturated carbocycles. The number of aryl methyl sites for hydroxylation is 1. The molecule has 19 heavy (non-hydrogen) atoms. The van der Waals surface area contributed by atoms with E-state index in [1.807, 2.05) is 0 Å². The highest BCUT2D eigenvalue weighted by molar-refractivity contribution is 9.10. The number of nitrogens with zero attached hydrogens (tertiary/aromatic N) is 2. The quantitative estimate of drug-likeness (QED) is 0.820. The molecule has 0 aliphatic rings. The Bertz CT molecular complexity index is 649. The Hall–Kier alpha value is -1.17. The first kappa shape index (κ1) is 14.2. The third kappa shape index (κ3) is 3.43. The molecular formula is C12H8BrCl2N3O. The molecule has 0 spiro atoms. The Kier molecular flexibility index (Phi) is 4.39. The molecule has 98 valence electrons. The van der Waals surface area contributed by atoms with Gasteiger partial charge in [0, 0.05) is 0 Å². The van der Waals surface area contributed by atoms with Gasteiger partial charge in [0.25, 0.3) is 5.91 Å². The van der Waals surface area contributed by atoms with Gasteiger partial charge in [0.1, 0.15) is 10.3 Å². The van der Waals surface area contributed by atoms with E-state index in [-0.39, 0.29) is 16.5 Å². The van der Waals surface area contributed by atoms with Crippen molar-refractivity contribution in [2.45, 2.75) is 6.92 Å². The number of carbonyl (C=O) groups is 1. The molecule has 0 atom stereocenters. The number of hydrogen-bond acceptors (Lipinski definition) is 3. The highest BCUT2D eigenvalue weighted by atomic mass is 79.9. The molecule has 2 heterocycles. The van der Waals surface area contributed by atoms with Crippen LogP contribution in [0.15, 0.2) is 28.9 Å². The summed E-state index contributed by atoms with van der Waals surface area (Å²) in [6.45, 7) is 1.73. The maximum absolute atomic E-state index is 12.0. The lowest BCUT2D eigenvalue weighted by molar-refractivity contribution is 0.102. The van der Waals surface area contributed by atoms with Crippen LogP contribution in [0.25, 0.3) is 0 Å². The smallest absolute Gasteiger partial charge is 0.275 e. The van der Waals surface area contributed by atoms with Crippen LogP contribution in [0.5, 0.6) is 0 Å². The van der Waals surface area contributed by atoms with Crippen molar-refractivity contribution in [2.24, 2.45) is 0 Å². The molecule has 1 N–H and O–H groups in total. The van der Waals surface area contributed by atoms with Crippen molar-refractivity contribution in [3.05, 3.63) is 50.3 Å². The van der Waals surface area contributed by atoms with Gasteiger partial charge in [0.2, 0.25) is 0 Å². The Labute approximate surface area is 128 Å². The van der Waals surface area contributed by atoms with Gasteiger partial charge < -0.3 is 5.32 Å². The molecule has 2 aromatic rings. The largest absolute Gasteiger partial charge is 0.304 e. The lowest BCUT2D eigenvalue weighted by Gasteiger charge is -2.08. The van der Waals surface area contributed by atoms with Crippen molar-refractivity contribution in [2.75, 3.05) is 5.32 Å². The Morgan fingerprint density at radius 1 is 1.26 bits per heavy atom. The van der Waals surface area contributed by atoms with Crippen LogP contribution in [0.4, 0.5) is 5.82 Å². The molecule has 0 saturated heterocycles. The van der Waals surface area contributed by atoms with Crippen LogP contribution < -0.4 is 5.32 Å². The molecule has 0 bridgehead atoms. The van der Waals surface area contributed by atoms with Gasteiger partial charge in [-0.05, 0) is 41.1 Å². The van der Waals surface area contributed by atoms with Crippen LogP contribution in [0.1, 0.15) is 16.2 Å². The number of rotatable bonds is 2. The fourth-order valence-corrected chi connectivity index (χ4v) is 2.10. The van der Waals surface area contributed by atoms with Crippen LogP contribution in [0.3, 0.4) is 0 Å². The second kappa shape index (κ2) is 5.86. The standard InChI is InChI=1S/C12H8BrCl2N3O/c1-6-7(14)5-8(15)11(16-6)18-12(19)9-3-2-4-10(13)17-9/h2-5H,1H3,(H,16,18,19). The van der Waals surface area contributed by atoms with Crippen molar-refractivity contribution < 1.29 is 4.79 Å². The topological polar surface area (TPSA) is 54.9 Å². The SMILES string of the molecule is Cc1nc(NC(=O)c2cccc(Br)n2)c(Cl)cc1Cl. The van der Waals surface area contributed by atoms with E-state index < -0.39 is 5.91 Å². The minimum Gasteiger partial charge on any atom is -0.304 e. The number of hydrogen-bond donors (Lipinski definition) is 1. The summed E-state index contributed by atoms with van der Waals surface area (Å²) in [5.41, 5.74) is 0.850. The van der Waals surface area contributed by atoms with Crippen LogP contribution >= 0.6 is 39.1 Å². The fourth-order valence-electron chi connectivity index (χ4n) is 1.35. The summed E-state index contributed by atoms with van der Waals surface area (Å²) in [5.74, 6) is -0.132. The second-order valence-corrected chi connectivity index (χ2v) is 5.31. The third-order valence-corrected chi connectivity index (χ3v) is 3.40. The minimum absolute atomic E-state index is 0.260. The molecule has 0 aliphatic heterocycles. The van der Waals surface area contributed by atoms with E-state index in [1.165, 1.54) is 6.07 Å². The summed E-state index contributed by atoms with van der Waals surface area (Å²) in [7, 11) is 0. The van der Waals surface area contributed by atoms with Gasteiger partial charge in [-0.1, -0.05) is 29.3 Å². The predicted octanol–water partition coefficient (Wildman–Crippen LogP) is 4.11. The van der Waals surface area contributed by atoms with Gasteiger partial charge >= 0.3 is 0 Å². The van der Waals surface area contributed by atoms with Crippen LogP contribution in [0, 0.1) is 6.92 Å².